The van der Waals surface area contributed by atoms with Gasteiger partial charge < -0.3 is 14.2 Å². The first-order valence-corrected chi connectivity index (χ1v) is 4.05. The molecule has 5 heteroatoms. The van der Waals surface area contributed by atoms with Crippen molar-refractivity contribution in [2.75, 3.05) is 26.4 Å². The van der Waals surface area contributed by atoms with E-state index in [0.29, 0.717) is 0 Å². The summed E-state index contributed by atoms with van der Waals surface area (Å²) in [6.07, 6.45) is 9.48. The van der Waals surface area contributed by atoms with Crippen LogP contribution < -0.4 is 0 Å². The first-order chi connectivity index (χ1) is 7.20. The van der Waals surface area contributed by atoms with Crippen LogP contribution in [0.25, 0.3) is 0 Å². The summed E-state index contributed by atoms with van der Waals surface area (Å²) in [7, 11) is 0. The normalized spacial score (nSPS) is 8.40. The summed E-state index contributed by atoms with van der Waals surface area (Å²) in [6, 6.07) is 0. The molecule has 0 rings (SSSR count). The van der Waals surface area contributed by atoms with Crippen molar-refractivity contribution in [2.24, 2.45) is 0 Å². The molecule has 0 unspecified atom stereocenters. The SMILES string of the molecule is C#CC(=O)OCCOCCOC(=O)C#C. The summed E-state index contributed by atoms with van der Waals surface area (Å²) in [6.45, 7) is 0.486. The Morgan fingerprint density at radius 1 is 0.867 bits per heavy atom. The fourth-order valence-corrected chi connectivity index (χ4v) is 0.572. The predicted octanol–water partition coefficient (Wildman–Crippen LogP) is -0.644. The van der Waals surface area contributed by atoms with Gasteiger partial charge in [0.25, 0.3) is 0 Å². The van der Waals surface area contributed by atoms with Crippen molar-refractivity contribution in [3.05, 3.63) is 0 Å². The minimum absolute atomic E-state index is 0.0616. The molecule has 0 aliphatic heterocycles. The Morgan fingerprint density at radius 3 is 1.60 bits per heavy atom. The fourth-order valence-electron chi connectivity index (χ4n) is 0.572. The van der Waals surface area contributed by atoms with Gasteiger partial charge in [-0.15, -0.1) is 12.8 Å². The largest absolute Gasteiger partial charge is 0.454 e. The minimum atomic E-state index is -0.739. The summed E-state index contributed by atoms with van der Waals surface area (Å²) in [4.78, 5) is 20.8. The topological polar surface area (TPSA) is 61.8 Å². The van der Waals surface area contributed by atoms with Gasteiger partial charge in [-0.05, 0) is 0 Å². The summed E-state index contributed by atoms with van der Waals surface area (Å²) in [5.41, 5.74) is 0. The molecule has 0 amide bonds. The highest BCUT2D eigenvalue weighted by Gasteiger charge is 1.97. The lowest BCUT2D eigenvalue weighted by Crippen LogP contribution is -2.13. The molecule has 0 N–H and O–H groups in total. The van der Waals surface area contributed by atoms with Crippen LogP contribution in [-0.2, 0) is 23.8 Å². The van der Waals surface area contributed by atoms with E-state index in [1.807, 2.05) is 0 Å². The van der Waals surface area contributed by atoms with E-state index in [1.54, 1.807) is 11.8 Å². The van der Waals surface area contributed by atoms with E-state index in [-0.39, 0.29) is 26.4 Å². The van der Waals surface area contributed by atoms with Crippen molar-refractivity contribution in [1.29, 1.82) is 0 Å². The van der Waals surface area contributed by atoms with Crippen molar-refractivity contribution in [1.82, 2.24) is 0 Å². The number of ether oxygens (including phenoxy) is 3. The number of carbonyl (C=O) groups excluding carboxylic acids is 2. The van der Waals surface area contributed by atoms with Crippen LogP contribution in [0, 0.1) is 24.7 Å². The summed E-state index contributed by atoms with van der Waals surface area (Å²) in [5, 5.41) is 0. The number of hydrogen-bond donors (Lipinski definition) is 0. The molecular weight excluding hydrogens is 200 g/mol. The Hall–Kier alpha value is -1.98. The molecule has 0 saturated carbocycles. The van der Waals surface area contributed by atoms with Crippen molar-refractivity contribution in [2.45, 2.75) is 0 Å². The van der Waals surface area contributed by atoms with E-state index in [2.05, 4.69) is 9.47 Å². The third-order valence-electron chi connectivity index (χ3n) is 1.16. The van der Waals surface area contributed by atoms with E-state index in [0.717, 1.165) is 0 Å². The molecule has 0 aromatic carbocycles. The Kier molecular flexibility index (Phi) is 7.47. The van der Waals surface area contributed by atoms with Crippen LogP contribution in [-0.4, -0.2) is 38.4 Å². The lowest BCUT2D eigenvalue weighted by Gasteiger charge is -2.03. The zero-order valence-electron chi connectivity index (χ0n) is 8.02. The maximum Gasteiger partial charge on any atom is 0.384 e. The van der Waals surface area contributed by atoms with Crippen LogP contribution in [0.15, 0.2) is 0 Å². The molecular formula is C10H10O5. The molecule has 0 fully saturated rings. The Bertz CT molecular complexity index is 264. The molecule has 0 heterocycles. The standard InChI is InChI=1S/C10H10O5/c1-3-9(11)14-7-5-13-6-8-15-10(12)4-2/h1-2H,5-8H2. The van der Waals surface area contributed by atoms with E-state index in [9.17, 15) is 9.59 Å². The van der Waals surface area contributed by atoms with Gasteiger partial charge in [-0.2, -0.15) is 0 Å². The number of esters is 2. The Labute approximate surface area is 87.7 Å². The molecule has 0 bridgehead atoms. The lowest BCUT2D eigenvalue weighted by molar-refractivity contribution is -0.139. The van der Waals surface area contributed by atoms with Crippen molar-refractivity contribution < 1.29 is 23.8 Å². The molecule has 0 aromatic rings. The molecule has 0 aromatic heterocycles. The smallest absolute Gasteiger partial charge is 0.384 e. The van der Waals surface area contributed by atoms with Crippen LogP contribution in [0.5, 0.6) is 0 Å². The second-order valence-electron chi connectivity index (χ2n) is 2.17. The second-order valence-corrected chi connectivity index (χ2v) is 2.17. The zero-order valence-corrected chi connectivity index (χ0v) is 8.02. The van der Waals surface area contributed by atoms with Crippen LogP contribution in [0.3, 0.4) is 0 Å². The summed E-state index contributed by atoms with van der Waals surface area (Å²) >= 11 is 0. The molecule has 15 heavy (non-hydrogen) atoms. The lowest BCUT2D eigenvalue weighted by atomic mass is 10.6. The van der Waals surface area contributed by atoms with Gasteiger partial charge in [-0.25, -0.2) is 9.59 Å². The van der Waals surface area contributed by atoms with Gasteiger partial charge in [-0.1, -0.05) is 0 Å². The number of hydrogen-bond acceptors (Lipinski definition) is 5. The van der Waals surface area contributed by atoms with Gasteiger partial charge in [0.05, 0.1) is 13.2 Å². The average Bonchev–Trinajstić information content (AvgIpc) is 2.26. The van der Waals surface area contributed by atoms with Crippen molar-refractivity contribution in [3.8, 4) is 24.7 Å². The molecule has 0 aliphatic rings. The summed E-state index contributed by atoms with van der Waals surface area (Å²) in [5.74, 6) is 2.09. The van der Waals surface area contributed by atoms with E-state index < -0.39 is 11.9 Å². The van der Waals surface area contributed by atoms with E-state index in [1.165, 1.54) is 0 Å². The molecule has 0 spiro atoms. The van der Waals surface area contributed by atoms with Crippen molar-refractivity contribution >= 4 is 11.9 Å². The van der Waals surface area contributed by atoms with Gasteiger partial charge in [0.2, 0.25) is 0 Å². The predicted molar refractivity (Wildman–Crippen MR) is 50.4 cm³/mol. The summed E-state index contributed by atoms with van der Waals surface area (Å²) < 4.78 is 13.9. The zero-order chi connectivity index (χ0) is 11.5. The van der Waals surface area contributed by atoms with Crippen LogP contribution >= 0.6 is 0 Å². The quantitative estimate of drug-likeness (QED) is 0.252. The second kappa shape index (κ2) is 8.61. The maximum atomic E-state index is 10.4. The highest BCUT2D eigenvalue weighted by molar-refractivity contribution is 5.87. The Morgan fingerprint density at radius 2 is 1.27 bits per heavy atom. The van der Waals surface area contributed by atoms with Gasteiger partial charge in [-0.3, -0.25) is 0 Å². The highest BCUT2D eigenvalue weighted by atomic mass is 16.6. The van der Waals surface area contributed by atoms with E-state index in [4.69, 9.17) is 17.6 Å². The average molecular weight is 210 g/mol. The fraction of sp³-hybridized carbons (Fsp3) is 0.400. The molecule has 0 atom stereocenters. The highest BCUT2D eigenvalue weighted by Crippen LogP contribution is 1.82. The molecule has 0 aliphatic carbocycles. The van der Waals surface area contributed by atoms with Crippen LogP contribution in [0.4, 0.5) is 0 Å². The third-order valence-corrected chi connectivity index (χ3v) is 1.16. The maximum absolute atomic E-state index is 10.4. The molecule has 5 nitrogen and oxygen atoms in total. The number of rotatable bonds is 6. The first-order valence-electron chi connectivity index (χ1n) is 4.05. The Balaban J connectivity index is 3.20. The van der Waals surface area contributed by atoms with Crippen molar-refractivity contribution in [3.63, 3.8) is 0 Å². The molecule has 0 saturated heterocycles. The van der Waals surface area contributed by atoms with Crippen LogP contribution in [0.1, 0.15) is 0 Å². The third kappa shape index (κ3) is 8.35. The van der Waals surface area contributed by atoms with Crippen LogP contribution in [0.2, 0.25) is 0 Å². The van der Waals surface area contributed by atoms with Gasteiger partial charge >= 0.3 is 11.9 Å². The van der Waals surface area contributed by atoms with Gasteiger partial charge in [0.1, 0.15) is 13.2 Å². The molecule has 80 valence electrons. The monoisotopic (exact) mass is 210 g/mol. The number of terminal acetylenes is 2. The molecule has 0 radical (unpaired) electrons. The van der Waals surface area contributed by atoms with Gasteiger partial charge in [0, 0.05) is 11.8 Å². The van der Waals surface area contributed by atoms with E-state index >= 15 is 0 Å². The van der Waals surface area contributed by atoms with Gasteiger partial charge in [0.15, 0.2) is 0 Å². The first kappa shape index (κ1) is 13.0. The minimum Gasteiger partial charge on any atom is -0.454 e. The number of carbonyl (C=O) groups is 2.